The summed E-state index contributed by atoms with van der Waals surface area (Å²) in [6.07, 6.45) is -2.67. The number of aliphatic carboxylic acids is 1. The van der Waals surface area contributed by atoms with Gasteiger partial charge in [0, 0.05) is 26.8 Å². The van der Waals surface area contributed by atoms with Crippen LogP contribution in [0.2, 0.25) is 0 Å². The number of carbonyl (C=O) groups excluding carboxylic acids is 1. The summed E-state index contributed by atoms with van der Waals surface area (Å²) in [7, 11) is 0. The number of amides is 1. The van der Waals surface area contributed by atoms with Gasteiger partial charge < -0.3 is 14.5 Å². The van der Waals surface area contributed by atoms with Gasteiger partial charge in [0.25, 0.3) is 0 Å². The monoisotopic (exact) mass is 627 g/mol. The highest BCUT2D eigenvalue weighted by Crippen LogP contribution is 2.39. The Hall–Kier alpha value is -3.03. The predicted molar refractivity (Wildman–Crippen MR) is 141 cm³/mol. The first-order valence-corrected chi connectivity index (χ1v) is 13.9. The SMILES string of the molecule is Cc1onc(-c2cccc(Br)c2)c1-c1csc(C2CCCN2C(=O)Cc2cccs2)n1.O=C(O)C(F)(F)F. The van der Waals surface area contributed by atoms with Gasteiger partial charge in [0.1, 0.15) is 16.5 Å². The number of halogens is 4. The average Bonchev–Trinajstić information content (AvgIpc) is 3.65. The molecule has 5 rings (SSSR count). The first-order chi connectivity index (χ1) is 18.0. The molecule has 1 atom stereocenters. The molecule has 38 heavy (non-hydrogen) atoms. The van der Waals surface area contributed by atoms with E-state index in [4.69, 9.17) is 19.4 Å². The van der Waals surface area contributed by atoms with Gasteiger partial charge in [0.2, 0.25) is 5.91 Å². The van der Waals surface area contributed by atoms with Gasteiger partial charge in [0.05, 0.1) is 23.7 Å². The second-order valence-electron chi connectivity index (χ2n) is 8.35. The molecule has 1 aromatic carbocycles. The number of rotatable bonds is 5. The van der Waals surface area contributed by atoms with Gasteiger partial charge in [-0.1, -0.05) is 39.3 Å². The fourth-order valence-corrected chi connectivity index (χ4v) is 6.10. The summed E-state index contributed by atoms with van der Waals surface area (Å²) in [4.78, 5) is 29.9. The molecule has 1 N–H and O–H groups in total. The van der Waals surface area contributed by atoms with E-state index in [1.807, 2.05) is 53.6 Å². The van der Waals surface area contributed by atoms with Crippen LogP contribution in [0, 0.1) is 6.92 Å². The number of benzene rings is 1. The lowest BCUT2D eigenvalue weighted by molar-refractivity contribution is -0.192. The lowest BCUT2D eigenvalue weighted by Gasteiger charge is -2.23. The maximum atomic E-state index is 12.9. The second-order valence-corrected chi connectivity index (χ2v) is 11.2. The molecule has 4 aromatic rings. The number of carbonyl (C=O) groups is 2. The van der Waals surface area contributed by atoms with Crippen molar-refractivity contribution >= 4 is 50.5 Å². The summed E-state index contributed by atoms with van der Waals surface area (Å²) in [5.41, 5.74) is 3.53. The van der Waals surface area contributed by atoms with Crippen molar-refractivity contribution < 1.29 is 32.4 Å². The summed E-state index contributed by atoms with van der Waals surface area (Å²) >= 11 is 6.77. The Bertz CT molecular complexity index is 1420. The molecule has 4 heterocycles. The molecule has 1 aliphatic rings. The van der Waals surface area contributed by atoms with Crippen LogP contribution in [-0.2, 0) is 16.0 Å². The van der Waals surface area contributed by atoms with Gasteiger partial charge in [-0.3, -0.25) is 4.79 Å². The van der Waals surface area contributed by atoms with Gasteiger partial charge in [-0.2, -0.15) is 13.2 Å². The Morgan fingerprint density at radius 2 is 2.00 bits per heavy atom. The number of thiophene rings is 1. The number of carboxylic acid groups (broad SMARTS) is 1. The van der Waals surface area contributed by atoms with Gasteiger partial charge >= 0.3 is 12.1 Å². The normalized spacial score (nSPS) is 15.3. The molecule has 0 saturated carbocycles. The fourth-order valence-electron chi connectivity index (χ4n) is 4.05. The summed E-state index contributed by atoms with van der Waals surface area (Å²) in [5, 5.41) is 16.5. The standard InChI is InChI=1S/C23H20BrN3O2S2.C2HF3O2/c1-14-21(22(26-29-14)15-5-2-6-16(24)11-15)18-13-31-23(25-18)19-8-3-9-27(19)20(28)12-17-7-4-10-30-17;3-2(4,5)1(6)7/h2,4-7,10-11,13,19H,3,8-9,12H2,1H3;(H,6,7). The fraction of sp³-hybridized carbons (Fsp3) is 0.280. The third kappa shape index (κ3) is 6.51. The zero-order chi connectivity index (χ0) is 27.4. The Labute approximate surface area is 232 Å². The summed E-state index contributed by atoms with van der Waals surface area (Å²) in [6.45, 7) is 2.70. The Balaban J connectivity index is 0.000000426. The van der Waals surface area contributed by atoms with Crippen molar-refractivity contribution in [1.82, 2.24) is 15.0 Å². The lowest BCUT2D eigenvalue weighted by atomic mass is 10.0. The first-order valence-electron chi connectivity index (χ1n) is 11.3. The van der Waals surface area contributed by atoms with Crippen LogP contribution in [-0.4, -0.2) is 44.7 Å². The smallest absolute Gasteiger partial charge is 0.475 e. The van der Waals surface area contributed by atoms with Gasteiger partial charge in [0.15, 0.2) is 0 Å². The summed E-state index contributed by atoms with van der Waals surface area (Å²) in [5.74, 6) is -1.84. The number of carboxylic acids is 1. The number of hydrogen-bond donors (Lipinski definition) is 1. The summed E-state index contributed by atoms with van der Waals surface area (Å²) in [6, 6.07) is 12.1. The van der Waals surface area contributed by atoms with Gasteiger partial charge in [-0.05, 0) is 43.3 Å². The van der Waals surface area contributed by atoms with Crippen LogP contribution in [0.3, 0.4) is 0 Å². The van der Waals surface area contributed by atoms with Crippen molar-refractivity contribution in [3.05, 3.63) is 67.3 Å². The molecule has 0 radical (unpaired) electrons. The minimum atomic E-state index is -5.08. The van der Waals surface area contributed by atoms with E-state index in [1.54, 1.807) is 22.7 Å². The van der Waals surface area contributed by atoms with E-state index in [9.17, 15) is 18.0 Å². The number of aromatic nitrogens is 2. The number of aryl methyl sites for hydroxylation is 1. The number of hydrogen-bond acceptors (Lipinski definition) is 7. The maximum Gasteiger partial charge on any atom is 0.490 e. The van der Waals surface area contributed by atoms with Crippen molar-refractivity contribution in [1.29, 1.82) is 0 Å². The maximum absolute atomic E-state index is 12.9. The molecule has 0 spiro atoms. The Morgan fingerprint density at radius 3 is 2.66 bits per heavy atom. The molecule has 1 saturated heterocycles. The van der Waals surface area contributed by atoms with E-state index in [2.05, 4.69) is 26.5 Å². The van der Waals surface area contributed by atoms with Crippen LogP contribution < -0.4 is 0 Å². The molecule has 1 fully saturated rings. The highest BCUT2D eigenvalue weighted by atomic mass is 79.9. The third-order valence-electron chi connectivity index (χ3n) is 5.75. The van der Waals surface area contributed by atoms with Crippen LogP contribution in [0.5, 0.6) is 0 Å². The third-order valence-corrected chi connectivity index (χ3v) is 8.06. The van der Waals surface area contributed by atoms with E-state index < -0.39 is 12.1 Å². The van der Waals surface area contributed by atoms with Crippen LogP contribution in [0.1, 0.15) is 34.5 Å². The topological polar surface area (TPSA) is 96.5 Å². The average molecular weight is 628 g/mol. The number of alkyl halides is 3. The van der Waals surface area contributed by atoms with Gasteiger partial charge in [-0.25, -0.2) is 9.78 Å². The van der Waals surface area contributed by atoms with Gasteiger partial charge in [-0.15, -0.1) is 22.7 Å². The number of likely N-dealkylation sites (tertiary alicyclic amines) is 1. The highest BCUT2D eigenvalue weighted by molar-refractivity contribution is 9.10. The Kier molecular flexibility index (Phi) is 8.68. The van der Waals surface area contributed by atoms with E-state index in [1.165, 1.54) is 0 Å². The number of thiazole rings is 1. The molecular formula is C25H21BrF3N3O4S2. The lowest BCUT2D eigenvalue weighted by Crippen LogP contribution is -2.31. The minimum absolute atomic E-state index is 0.0423. The molecular weight excluding hydrogens is 607 g/mol. The van der Waals surface area contributed by atoms with E-state index >= 15 is 0 Å². The molecule has 0 aliphatic carbocycles. The van der Waals surface area contributed by atoms with Crippen LogP contribution >= 0.6 is 38.6 Å². The largest absolute Gasteiger partial charge is 0.490 e. The molecule has 7 nitrogen and oxygen atoms in total. The van der Waals surface area contributed by atoms with Crippen LogP contribution in [0.4, 0.5) is 13.2 Å². The second kappa shape index (κ2) is 11.8. The zero-order valence-electron chi connectivity index (χ0n) is 19.9. The van der Waals surface area contributed by atoms with E-state index in [-0.39, 0.29) is 11.9 Å². The minimum Gasteiger partial charge on any atom is -0.475 e. The highest BCUT2D eigenvalue weighted by Gasteiger charge is 2.38. The van der Waals surface area contributed by atoms with Crippen molar-refractivity contribution in [2.75, 3.05) is 6.54 Å². The van der Waals surface area contributed by atoms with E-state index in [0.29, 0.717) is 6.42 Å². The van der Waals surface area contributed by atoms with Crippen molar-refractivity contribution in [3.8, 4) is 22.5 Å². The van der Waals surface area contributed by atoms with E-state index in [0.717, 1.165) is 62.0 Å². The molecule has 1 unspecified atom stereocenters. The number of nitrogens with zero attached hydrogens (tertiary/aromatic N) is 3. The molecule has 13 heteroatoms. The van der Waals surface area contributed by atoms with Crippen molar-refractivity contribution in [3.63, 3.8) is 0 Å². The van der Waals surface area contributed by atoms with Crippen molar-refractivity contribution in [2.24, 2.45) is 0 Å². The van der Waals surface area contributed by atoms with Crippen molar-refractivity contribution in [2.45, 2.75) is 38.4 Å². The molecule has 1 aliphatic heterocycles. The molecule has 3 aromatic heterocycles. The summed E-state index contributed by atoms with van der Waals surface area (Å²) < 4.78 is 38.3. The predicted octanol–water partition coefficient (Wildman–Crippen LogP) is 7.14. The first kappa shape index (κ1) is 28.0. The molecule has 200 valence electrons. The molecule has 1 amide bonds. The van der Waals surface area contributed by atoms with Crippen LogP contribution in [0.25, 0.3) is 22.5 Å². The quantitative estimate of drug-likeness (QED) is 0.253. The van der Waals surface area contributed by atoms with Crippen LogP contribution in [0.15, 0.2) is 56.2 Å². The zero-order valence-corrected chi connectivity index (χ0v) is 23.1. The Morgan fingerprint density at radius 1 is 1.24 bits per heavy atom. The molecule has 0 bridgehead atoms.